The number of hydrogen-bond acceptors (Lipinski definition) is 3. The summed E-state index contributed by atoms with van der Waals surface area (Å²) in [6.07, 6.45) is 6.93. The molecule has 0 spiro atoms. The van der Waals surface area contributed by atoms with Crippen molar-refractivity contribution in [3.05, 3.63) is 0 Å². The summed E-state index contributed by atoms with van der Waals surface area (Å²) in [5.74, 6) is 0.722. The van der Waals surface area contributed by atoms with Crippen LogP contribution in [0.4, 0.5) is 0 Å². The van der Waals surface area contributed by atoms with E-state index in [1.54, 1.807) is 0 Å². The van der Waals surface area contributed by atoms with E-state index in [-0.39, 0.29) is 0 Å². The summed E-state index contributed by atoms with van der Waals surface area (Å²) >= 11 is 0. The lowest BCUT2D eigenvalue weighted by atomic mass is 10.0. The third kappa shape index (κ3) is 4.22. The molecule has 1 heterocycles. The van der Waals surface area contributed by atoms with Gasteiger partial charge in [-0.05, 0) is 25.2 Å². The minimum absolute atomic E-state index is 0.364. The third-order valence-electron chi connectivity index (χ3n) is 4.51. The van der Waals surface area contributed by atoms with E-state index in [0.717, 1.165) is 24.9 Å². The molecule has 1 atom stereocenters. The first-order valence-corrected chi connectivity index (χ1v) is 7.87. The maximum atomic E-state index is 6.21. The van der Waals surface area contributed by atoms with Crippen LogP contribution in [0.15, 0.2) is 0 Å². The molecule has 106 valence electrons. The van der Waals surface area contributed by atoms with Crippen LogP contribution in [0, 0.1) is 5.92 Å². The molecule has 1 aliphatic carbocycles. The number of piperazine rings is 1. The van der Waals surface area contributed by atoms with Gasteiger partial charge in [0.25, 0.3) is 0 Å². The first-order valence-electron chi connectivity index (χ1n) is 7.87. The normalized spacial score (nSPS) is 26.0. The van der Waals surface area contributed by atoms with Crippen LogP contribution >= 0.6 is 0 Å². The van der Waals surface area contributed by atoms with Crippen molar-refractivity contribution < 1.29 is 0 Å². The fraction of sp³-hybridized carbons (Fsp3) is 1.00. The molecule has 0 aromatic rings. The topological polar surface area (TPSA) is 32.5 Å². The smallest absolute Gasteiger partial charge is 0.0170 e. The van der Waals surface area contributed by atoms with E-state index in [1.807, 2.05) is 0 Å². The SMILES string of the molecule is CC(C)CC(N)CN1CCN(C2CCCC2)CC1. The largest absolute Gasteiger partial charge is 0.327 e. The highest BCUT2D eigenvalue weighted by molar-refractivity contribution is 4.83. The van der Waals surface area contributed by atoms with Gasteiger partial charge in [0.05, 0.1) is 0 Å². The van der Waals surface area contributed by atoms with Crippen molar-refractivity contribution >= 4 is 0 Å². The second-order valence-electron chi connectivity index (χ2n) is 6.66. The minimum atomic E-state index is 0.364. The number of rotatable bonds is 5. The standard InChI is InChI=1S/C15H31N3/c1-13(2)11-14(16)12-17-7-9-18(10-8-17)15-5-3-4-6-15/h13-15H,3-12,16H2,1-2H3. The average Bonchev–Trinajstić information content (AvgIpc) is 2.82. The molecule has 0 radical (unpaired) electrons. The van der Waals surface area contributed by atoms with Crippen LogP contribution in [0.3, 0.4) is 0 Å². The van der Waals surface area contributed by atoms with Gasteiger partial charge in [0, 0.05) is 44.8 Å². The number of nitrogens with zero attached hydrogens (tertiary/aromatic N) is 2. The lowest BCUT2D eigenvalue weighted by molar-refractivity contribution is 0.0927. The Morgan fingerprint density at radius 3 is 2.22 bits per heavy atom. The lowest BCUT2D eigenvalue weighted by Gasteiger charge is -2.39. The third-order valence-corrected chi connectivity index (χ3v) is 4.51. The van der Waals surface area contributed by atoms with Crippen molar-refractivity contribution in [1.82, 2.24) is 9.80 Å². The Hall–Kier alpha value is -0.120. The van der Waals surface area contributed by atoms with Gasteiger partial charge in [-0.25, -0.2) is 0 Å². The molecular formula is C15H31N3. The molecule has 1 saturated heterocycles. The molecule has 2 fully saturated rings. The highest BCUT2D eigenvalue weighted by atomic mass is 15.3. The molecule has 3 nitrogen and oxygen atoms in total. The molecule has 2 aliphatic rings. The van der Waals surface area contributed by atoms with Gasteiger partial charge in [0.1, 0.15) is 0 Å². The Bertz CT molecular complexity index is 228. The Labute approximate surface area is 113 Å². The van der Waals surface area contributed by atoms with Crippen LogP contribution in [0.5, 0.6) is 0 Å². The molecule has 2 rings (SSSR count). The maximum Gasteiger partial charge on any atom is 0.0170 e. The number of nitrogens with two attached hydrogens (primary N) is 1. The molecule has 0 aromatic heterocycles. The lowest BCUT2D eigenvalue weighted by Crippen LogP contribution is -2.52. The van der Waals surface area contributed by atoms with Crippen LogP contribution in [-0.4, -0.2) is 54.6 Å². The van der Waals surface area contributed by atoms with E-state index in [4.69, 9.17) is 5.73 Å². The molecule has 1 aliphatic heterocycles. The van der Waals surface area contributed by atoms with Crippen molar-refractivity contribution in [1.29, 1.82) is 0 Å². The van der Waals surface area contributed by atoms with E-state index in [9.17, 15) is 0 Å². The Morgan fingerprint density at radius 1 is 1.06 bits per heavy atom. The van der Waals surface area contributed by atoms with Gasteiger partial charge in [-0.15, -0.1) is 0 Å². The second-order valence-corrected chi connectivity index (χ2v) is 6.66. The van der Waals surface area contributed by atoms with Gasteiger partial charge in [-0.1, -0.05) is 26.7 Å². The first-order chi connectivity index (χ1) is 8.65. The molecule has 0 bridgehead atoms. The van der Waals surface area contributed by atoms with Crippen LogP contribution in [-0.2, 0) is 0 Å². The first kappa shape index (κ1) is 14.3. The van der Waals surface area contributed by atoms with E-state index >= 15 is 0 Å². The molecule has 2 N–H and O–H groups in total. The quantitative estimate of drug-likeness (QED) is 0.812. The predicted molar refractivity (Wildman–Crippen MR) is 77.7 cm³/mol. The Balaban J connectivity index is 1.66. The van der Waals surface area contributed by atoms with Crippen molar-refractivity contribution in [2.75, 3.05) is 32.7 Å². The van der Waals surface area contributed by atoms with Crippen LogP contribution in [0.2, 0.25) is 0 Å². The van der Waals surface area contributed by atoms with Gasteiger partial charge in [-0.3, -0.25) is 9.80 Å². The van der Waals surface area contributed by atoms with E-state index in [0.29, 0.717) is 6.04 Å². The summed E-state index contributed by atoms with van der Waals surface area (Å²) in [7, 11) is 0. The summed E-state index contributed by atoms with van der Waals surface area (Å²) < 4.78 is 0. The van der Waals surface area contributed by atoms with Gasteiger partial charge in [-0.2, -0.15) is 0 Å². The van der Waals surface area contributed by atoms with E-state index in [1.165, 1.54) is 51.9 Å². The zero-order valence-electron chi connectivity index (χ0n) is 12.3. The molecule has 18 heavy (non-hydrogen) atoms. The predicted octanol–water partition coefficient (Wildman–Crippen LogP) is 1.92. The van der Waals surface area contributed by atoms with Crippen molar-refractivity contribution in [3.63, 3.8) is 0 Å². The number of hydrogen-bond donors (Lipinski definition) is 1. The molecule has 0 amide bonds. The van der Waals surface area contributed by atoms with E-state index < -0.39 is 0 Å². The fourth-order valence-electron chi connectivity index (χ4n) is 3.59. The van der Waals surface area contributed by atoms with Crippen molar-refractivity contribution in [2.24, 2.45) is 11.7 Å². The zero-order valence-corrected chi connectivity index (χ0v) is 12.3. The Kier molecular flexibility index (Phi) is 5.46. The van der Waals surface area contributed by atoms with Crippen LogP contribution in [0.1, 0.15) is 46.0 Å². The minimum Gasteiger partial charge on any atom is -0.327 e. The summed E-state index contributed by atoms with van der Waals surface area (Å²) in [5, 5.41) is 0. The maximum absolute atomic E-state index is 6.21. The van der Waals surface area contributed by atoms with Crippen molar-refractivity contribution in [3.8, 4) is 0 Å². The van der Waals surface area contributed by atoms with Crippen LogP contribution < -0.4 is 5.73 Å². The van der Waals surface area contributed by atoms with Crippen molar-refractivity contribution in [2.45, 2.75) is 58.0 Å². The fourth-order valence-corrected chi connectivity index (χ4v) is 3.59. The summed E-state index contributed by atoms with van der Waals surface area (Å²) in [5.41, 5.74) is 6.21. The molecule has 1 unspecified atom stereocenters. The van der Waals surface area contributed by atoms with Gasteiger partial charge in [0.2, 0.25) is 0 Å². The highest BCUT2D eigenvalue weighted by Gasteiger charge is 2.26. The molecule has 1 saturated carbocycles. The second kappa shape index (κ2) is 6.88. The molecule has 0 aromatic carbocycles. The monoisotopic (exact) mass is 253 g/mol. The summed E-state index contributed by atoms with van der Waals surface area (Å²) in [4.78, 5) is 5.29. The zero-order chi connectivity index (χ0) is 13.0. The van der Waals surface area contributed by atoms with Gasteiger partial charge < -0.3 is 5.73 Å². The van der Waals surface area contributed by atoms with Gasteiger partial charge >= 0.3 is 0 Å². The average molecular weight is 253 g/mol. The summed E-state index contributed by atoms with van der Waals surface area (Å²) in [6, 6.07) is 1.26. The van der Waals surface area contributed by atoms with Gasteiger partial charge in [0.15, 0.2) is 0 Å². The summed E-state index contributed by atoms with van der Waals surface area (Å²) in [6.45, 7) is 10.6. The molecular weight excluding hydrogens is 222 g/mol. The molecule has 3 heteroatoms. The Morgan fingerprint density at radius 2 is 1.67 bits per heavy atom. The highest BCUT2D eigenvalue weighted by Crippen LogP contribution is 2.24. The van der Waals surface area contributed by atoms with E-state index in [2.05, 4.69) is 23.6 Å². The van der Waals surface area contributed by atoms with Crippen LogP contribution in [0.25, 0.3) is 0 Å².